The van der Waals surface area contributed by atoms with Crippen molar-refractivity contribution in [1.29, 1.82) is 0 Å². The summed E-state index contributed by atoms with van der Waals surface area (Å²) in [4.78, 5) is 7.21. The van der Waals surface area contributed by atoms with E-state index in [0.717, 1.165) is 29.1 Å². The molecule has 1 aromatic rings. The van der Waals surface area contributed by atoms with Gasteiger partial charge >= 0.3 is 0 Å². The average Bonchev–Trinajstić information content (AvgIpc) is 2.26. The van der Waals surface area contributed by atoms with E-state index >= 15 is 0 Å². The summed E-state index contributed by atoms with van der Waals surface area (Å²) in [6.45, 7) is 10.6. The zero-order chi connectivity index (χ0) is 14.1. The SMILES string of the molecule is CCC(C)(C)N(C)c1nc(C)cc(C)c1C(N)=S. The number of thiocarbonyl (C=S) groups is 1. The largest absolute Gasteiger partial charge is 0.389 e. The van der Waals surface area contributed by atoms with Crippen LogP contribution in [-0.4, -0.2) is 22.6 Å². The molecular formula is C14H23N3S. The maximum atomic E-state index is 5.85. The number of rotatable bonds is 4. The highest BCUT2D eigenvalue weighted by atomic mass is 32.1. The van der Waals surface area contributed by atoms with Crippen molar-refractivity contribution < 1.29 is 0 Å². The van der Waals surface area contributed by atoms with Crippen molar-refractivity contribution in [3.05, 3.63) is 22.9 Å². The minimum atomic E-state index is 0.0206. The second-order valence-corrected chi connectivity index (χ2v) is 5.81. The molecule has 0 unspecified atom stereocenters. The van der Waals surface area contributed by atoms with Gasteiger partial charge in [0.2, 0.25) is 0 Å². The summed E-state index contributed by atoms with van der Waals surface area (Å²) in [7, 11) is 2.05. The first-order valence-corrected chi connectivity index (χ1v) is 6.63. The van der Waals surface area contributed by atoms with Crippen molar-refractivity contribution >= 4 is 23.0 Å². The Kier molecular flexibility index (Phi) is 4.32. The lowest BCUT2D eigenvalue weighted by Crippen LogP contribution is -2.42. The van der Waals surface area contributed by atoms with E-state index in [1.165, 1.54) is 0 Å². The van der Waals surface area contributed by atoms with E-state index in [0.29, 0.717) is 4.99 Å². The van der Waals surface area contributed by atoms with Crippen LogP contribution in [0.2, 0.25) is 0 Å². The Morgan fingerprint density at radius 1 is 1.44 bits per heavy atom. The molecule has 0 aliphatic heterocycles. The Morgan fingerprint density at radius 3 is 2.44 bits per heavy atom. The van der Waals surface area contributed by atoms with E-state index in [-0.39, 0.29) is 5.54 Å². The van der Waals surface area contributed by atoms with Crippen LogP contribution < -0.4 is 10.6 Å². The van der Waals surface area contributed by atoms with Gasteiger partial charge in [-0.3, -0.25) is 0 Å². The maximum Gasteiger partial charge on any atom is 0.139 e. The minimum Gasteiger partial charge on any atom is -0.389 e. The summed E-state index contributed by atoms with van der Waals surface area (Å²) in [6.07, 6.45) is 1.02. The highest BCUT2D eigenvalue weighted by molar-refractivity contribution is 7.80. The number of aryl methyl sites for hydroxylation is 2. The van der Waals surface area contributed by atoms with E-state index in [1.807, 2.05) is 27.0 Å². The predicted molar refractivity (Wildman–Crippen MR) is 82.4 cm³/mol. The fraction of sp³-hybridized carbons (Fsp3) is 0.571. The molecule has 4 heteroatoms. The highest BCUT2D eigenvalue weighted by Crippen LogP contribution is 2.28. The molecule has 0 aliphatic carbocycles. The van der Waals surface area contributed by atoms with Crippen LogP contribution in [0.4, 0.5) is 5.82 Å². The molecule has 2 N–H and O–H groups in total. The third kappa shape index (κ3) is 2.80. The van der Waals surface area contributed by atoms with E-state index in [2.05, 4.69) is 30.7 Å². The maximum absolute atomic E-state index is 5.85. The van der Waals surface area contributed by atoms with Crippen molar-refractivity contribution in [2.45, 2.75) is 46.6 Å². The van der Waals surface area contributed by atoms with Crippen LogP contribution in [0, 0.1) is 13.8 Å². The van der Waals surface area contributed by atoms with Crippen LogP contribution >= 0.6 is 12.2 Å². The van der Waals surface area contributed by atoms with Gasteiger partial charge in [-0.15, -0.1) is 0 Å². The van der Waals surface area contributed by atoms with Crippen molar-refractivity contribution in [2.75, 3.05) is 11.9 Å². The van der Waals surface area contributed by atoms with Crippen LogP contribution in [-0.2, 0) is 0 Å². The first kappa shape index (κ1) is 14.9. The fourth-order valence-corrected chi connectivity index (χ4v) is 2.14. The molecule has 1 aromatic heterocycles. The summed E-state index contributed by atoms with van der Waals surface area (Å²) in [5, 5.41) is 0. The summed E-state index contributed by atoms with van der Waals surface area (Å²) in [6, 6.07) is 2.02. The van der Waals surface area contributed by atoms with Gasteiger partial charge < -0.3 is 10.6 Å². The van der Waals surface area contributed by atoms with Gasteiger partial charge in [0.15, 0.2) is 0 Å². The van der Waals surface area contributed by atoms with Crippen LogP contribution in [0.15, 0.2) is 6.07 Å². The number of anilines is 1. The topological polar surface area (TPSA) is 42.2 Å². The lowest BCUT2D eigenvalue weighted by molar-refractivity contribution is 0.467. The third-order valence-electron chi connectivity index (χ3n) is 3.66. The lowest BCUT2D eigenvalue weighted by Gasteiger charge is -2.37. The monoisotopic (exact) mass is 265 g/mol. The smallest absolute Gasteiger partial charge is 0.139 e. The van der Waals surface area contributed by atoms with Gasteiger partial charge in [-0.1, -0.05) is 19.1 Å². The number of nitrogens with two attached hydrogens (primary N) is 1. The average molecular weight is 265 g/mol. The zero-order valence-corrected chi connectivity index (χ0v) is 13.0. The van der Waals surface area contributed by atoms with E-state index in [4.69, 9.17) is 18.0 Å². The molecule has 1 heterocycles. The van der Waals surface area contributed by atoms with Crippen LogP contribution in [0.3, 0.4) is 0 Å². The number of pyridine rings is 1. The van der Waals surface area contributed by atoms with Crippen LogP contribution in [0.1, 0.15) is 44.0 Å². The molecule has 100 valence electrons. The van der Waals surface area contributed by atoms with Gasteiger partial charge in [-0.2, -0.15) is 0 Å². The normalized spacial score (nSPS) is 11.4. The first-order valence-electron chi connectivity index (χ1n) is 6.22. The molecular weight excluding hydrogens is 242 g/mol. The van der Waals surface area contributed by atoms with Gasteiger partial charge in [0.25, 0.3) is 0 Å². The van der Waals surface area contributed by atoms with Gasteiger partial charge in [-0.05, 0) is 45.7 Å². The van der Waals surface area contributed by atoms with E-state index < -0.39 is 0 Å². The summed E-state index contributed by atoms with van der Waals surface area (Å²) in [5.74, 6) is 0.881. The fourth-order valence-electron chi connectivity index (χ4n) is 1.89. The van der Waals surface area contributed by atoms with Crippen molar-refractivity contribution in [1.82, 2.24) is 4.98 Å². The first-order chi connectivity index (χ1) is 8.20. The van der Waals surface area contributed by atoms with E-state index in [1.54, 1.807) is 0 Å². The second kappa shape index (κ2) is 5.22. The Morgan fingerprint density at radius 2 is 2.00 bits per heavy atom. The second-order valence-electron chi connectivity index (χ2n) is 5.37. The Bertz CT molecular complexity index is 466. The molecule has 1 rings (SSSR count). The lowest BCUT2D eigenvalue weighted by atomic mass is 9.98. The molecule has 0 saturated carbocycles. The summed E-state index contributed by atoms with van der Waals surface area (Å²) >= 11 is 5.17. The third-order valence-corrected chi connectivity index (χ3v) is 3.87. The molecule has 0 saturated heterocycles. The van der Waals surface area contributed by atoms with Gasteiger partial charge in [0, 0.05) is 18.3 Å². The Labute approximate surface area is 115 Å². The van der Waals surface area contributed by atoms with Crippen molar-refractivity contribution in [2.24, 2.45) is 5.73 Å². The van der Waals surface area contributed by atoms with Gasteiger partial charge in [0.1, 0.15) is 10.8 Å². The number of nitrogens with zero attached hydrogens (tertiary/aromatic N) is 2. The molecule has 0 radical (unpaired) electrons. The molecule has 0 atom stereocenters. The van der Waals surface area contributed by atoms with Crippen molar-refractivity contribution in [3.8, 4) is 0 Å². The zero-order valence-electron chi connectivity index (χ0n) is 12.2. The quantitative estimate of drug-likeness (QED) is 0.850. The summed E-state index contributed by atoms with van der Waals surface area (Å²) < 4.78 is 0. The molecule has 0 aromatic carbocycles. The molecule has 0 aliphatic rings. The molecule has 0 spiro atoms. The molecule has 0 fully saturated rings. The Balaban J connectivity index is 3.44. The van der Waals surface area contributed by atoms with Gasteiger partial charge in [0.05, 0.1) is 5.56 Å². The number of aromatic nitrogens is 1. The van der Waals surface area contributed by atoms with E-state index in [9.17, 15) is 0 Å². The van der Waals surface area contributed by atoms with Gasteiger partial charge in [-0.25, -0.2) is 4.98 Å². The number of hydrogen-bond acceptors (Lipinski definition) is 3. The van der Waals surface area contributed by atoms with Crippen molar-refractivity contribution in [3.63, 3.8) is 0 Å². The van der Waals surface area contributed by atoms with Crippen LogP contribution in [0.25, 0.3) is 0 Å². The summed E-state index contributed by atoms with van der Waals surface area (Å²) in [5.41, 5.74) is 8.84. The highest BCUT2D eigenvalue weighted by Gasteiger charge is 2.26. The van der Waals surface area contributed by atoms with Crippen LogP contribution in [0.5, 0.6) is 0 Å². The standard InChI is InChI=1S/C14H23N3S/c1-7-14(4,5)17(6)13-11(12(15)18)9(2)8-10(3)16-13/h8H,7H2,1-6H3,(H2,15,18). The Hall–Kier alpha value is -1.16. The molecule has 0 bridgehead atoms. The molecule has 18 heavy (non-hydrogen) atoms. The number of hydrogen-bond donors (Lipinski definition) is 1. The minimum absolute atomic E-state index is 0.0206. The molecule has 3 nitrogen and oxygen atoms in total. The molecule has 0 amide bonds. The predicted octanol–water partition coefficient (Wildman–Crippen LogP) is 2.96.